The second-order valence-corrected chi connectivity index (χ2v) is 5.55. The van der Waals surface area contributed by atoms with Crippen molar-refractivity contribution in [1.29, 1.82) is 0 Å². The van der Waals surface area contributed by atoms with Gasteiger partial charge in [-0.2, -0.15) is 0 Å². The molecule has 0 aliphatic carbocycles. The number of ketones is 1. The number of hydrogen-bond acceptors (Lipinski definition) is 4. The molecule has 1 aromatic heterocycles. The highest BCUT2D eigenvalue weighted by molar-refractivity contribution is 9.10. The molecule has 104 valence electrons. The molecule has 0 spiro atoms. The van der Waals surface area contributed by atoms with Gasteiger partial charge in [0.25, 0.3) is 0 Å². The summed E-state index contributed by atoms with van der Waals surface area (Å²) in [6, 6.07) is 6.86. The minimum Gasteiger partial charge on any atom is -0.489 e. The first-order chi connectivity index (χ1) is 9.65. The van der Waals surface area contributed by atoms with Gasteiger partial charge in [0, 0.05) is 11.5 Å². The zero-order valence-corrected chi connectivity index (χ0v) is 12.5. The zero-order chi connectivity index (χ0) is 14.1. The van der Waals surface area contributed by atoms with Gasteiger partial charge >= 0.3 is 0 Å². The van der Waals surface area contributed by atoms with Crippen LogP contribution in [0.5, 0.6) is 11.5 Å². The normalized spacial score (nSPS) is 17.6. The molecule has 1 atom stereocenters. The lowest BCUT2D eigenvalue weighted by molar-refractivity contribution is 0.103. The summed E-state index contributed by atoms with van der Waals surface area (Å²) >= 11 is 3.22. The van der Waals surface area contributed by atoms with Gasteiger partial charge in [-0.3, -0.25) is 4.79 Å². The van der Waals surface area contributed by atoms with Crippen molar-refractivity contribution in [1.82, 2.24) is 0 Å². The summed E-state index contributed by atoms with van der Waals surface area (Å²) in [7, 11) is 0. The molecule has 0 radical (unpaired) electrons. The Labute approximate surface area is 124 Å². The van der Waals surface area contributed by atoms with Crippen LogP contribution in [0.4, 0.5) is 0 Å². The topological polar surface area (TPSA) is 48.7 Å². The summed E-state index contributed by atoms with van der Waals surface area (Å²) in [4.78, 5) is 12.4. The standard InChI is InChI=1S/C15H13BrO4/c1-9-7-19-12-3-2-10(6-13(12)20-8-9)14(17)11-4-5-18-15(11)16/h2-6,9H,7-8H2,1H3. The van der Waals surface area contributed by atoms with Crippen molar-refractivity contribution >= 4 is 21.7 Å². The van der Waals surface area contributed by atoms with Gasteiger partial charge in [0.05, 0.1) is 25.0 Å². The van der Waals surface area contributed by atoms with Crippen molar-refractivity contribution in [2.24, 2.45) is 5.92 Å². The number of furan rings is 1. The predicted octanol–water partition coefficient (Wildman–Crippen LogP) is 3.68. The molecule has 1 aliphatic heterocycles. The average molecular weight is 337 g/mol. The first-order valence-corrected chi connectivity index (χ1v) is 7.12. The van der Waals surface area contributed by atoms with Crippen molar-refractivity contribution in [3.63, 3.8) is 0 Å². The summed E-state index contributed by atoms with van der Waals surface area (Å²) in [6.07, 6.45) is 1.47. The quantitative estimate of drug-likeness (QED) is 0.785. The maximum Gasteiger partial charge on any atom is 0.197 e. The second-order valence-electron chi connectivity index (χ2n) is 4.83. The maximum absolute atomic E-state index is 12.4. The number of fused-ring (bicyclic) bond motifs is 1. The number of benzene rings is 1. The summed E-state index contributed by atoms with van der Waals surface area (Å²) in [5.41, 5.74) is 1.04. The smallest absolute Gasteiger partial charge is 0.197 e. The highest BCUT2D eigenvalue weighted by atomic mass is 79.9. The lowest BCUT2D eigenvalue weighted by atomic mass is 10.1. The number of halogens is 1. The van der Waals surface area contributed by atoms with Crippen LogP contribution in [0, 0.1) is 5.92 Å². The van der Waals surface area contributed by atoms with Crippen molar-refractivity contribution in [2.45, 2.75) is 6.92 Å². The fourth-order valence-electron chi connectivity index (χ4n) is 2.00. The Morgan fingerprint density at radius 3 is 2.65 bits per heavy atom. The molecule has 2 aromatic rings. The highest BCUT2D eigenvalue weighted by Gasteiger charge is 2.19. The van der Waals surface area contributed by atoms with E-state index in [4.69, 9.17) is 13.9 Å². The molecule has 1 aromatic carbocycles. The van der Waals surface area contributed by atoms with Crippen molar-refractivity contribution in [3.8, 4) is 11.5 Å². The number of carbonyl (C=O) groups excluding carboxylic acids is 1. The summed E-state index contributed by atoms with van der Waals surface area (Å²) < 4.78 is 16.9. The van der Waals surface area contributed by atoms with E-state index in [9.17, 15) is 4.79 Å². The first-order valence-electron chi connectivity index (χ1n) is 6.32. The molecule has 5 heteroatoms. The minimum absolute atomic E-state index is 0.116. The van der Waals surface area contributed by atoms with Crippen LogP contribution in [0.2, 0.25) is 0 Å². The SMILES string of the molecule is CC1COc2ccc(C(=O)c3ccoc3Br)cc2OC1. The highest BCUT2D eigenvalue weighted by Crippen LogP contribution is 2.32. The molecule has 0 N–H and O–H groups in total. The third-order valence-corrected chi connectivity index (χ3v) is 3.73. The van der Waals surface area contributed by atoms with Crippen molar-refractivity contribution in [3.05, 3.63) is 46.3 Å². The van der Waals surface area contributed by atoms with Crippen LogP contribution in [0.3, 0.4) is 0 Å². The van der Waals surface area contributed by atoms with Crippen LogP contribution >= 0.6 is 15.9 Å². The minimum atomic E-state index is -0.116. The van der Waals surface area contributed by atoms with E-state index in [1.165, 1.54) is 6.26 Å². The van der Waals surface area contributed by atoms with E-state index in [-0.39, 0.29) is 5.78 Å². The van der Waals surface area contributed by atoms with Gasteiger partial charge in [-0.25, -0.2) is 0 Å². The fourth-order valence-corrected chi connectivity index (χ4v) is 2.42. The average Bonchev–Trinajstić information content (AvgIpc) is 2.79. The van der Waals surface area contributed by atoms with Gasteiger partial charge in [-0.05, 0) is 40.2 Å². The van der Waals surface area contributed by atoms with Gasteiger partial charge in [0.1, 0.15) is 0 Å². The first kappa shape index (κ1) is 13.2. The van der Waals surface area contributed by atoms with E-state index in [0.29, 0.717) is 46.4 Å². The third-order valence-electron chi connectivity index (χ3n) is 3.12. The summed E-state index contributed by atoms with van der Waals surface area (Å²) in [6.45, 7) is 3.26. The van der Waals surface area contributed by atoms with E-state index in [1.807, 2.05) is 0 Å². The molecule has 2 heterocycles. The van der Waals surface area contributed by atoms with Crippen molar-refractivity contribution in [2.75, 3.05) is 13.2 Å². The number of rotatable bonds is 2. The molecule has 0 saturated heterocycles. The summed E-state index contributed by atoms with van der Waals surface area (Å²) in [5.74, 6) is 1.50. The number of hydrogen-bond donors (Lipinski definition) is 0. The van der Waals surface area contributed by atoms with Crippen LogP contribution < -0.4 is 9.47 Å². The molecule has 3 rings (SSSR count). The molecule has 20 heavy (non-hydrogen) atoms. The van der Waals surface area contributed by atoms with E-state index in [1.54, 1.807) is 24.3 Å². The third kappa shape index (κ3) is 2.45. The van der Waals surface area contributed by atoms with E-state index in [0.717, 1.165) is 0 Å². The molecule has 0 amide bonds. The molecule has 0 fully saturated rings. The Balaban J connectivity index is 1.93. The van der Waals surface area contributed by atoms with Crippen molar-refractivity contribution < 1.29 is 18.7 Å². The lowest BCUT2D eigenvalue weighted by Gasteiger charge is -2.08. The predicted molar refractivity (Wildman–Crippen MR) is 76.4 cm³/mol. The van der Waals surface area contributed by atoms with Gasteiger partial charge in [-0.15, -0.1) is 0 Å². The fraction of sp³-hybridized carbons (Fsp3) is 0.267. The molecule has 1 unspecified atom stereocenters. The monoisotopic (exact) mass is 336 g/mol. The zero-order valence-electron chi connectivity index (χ0n) is 10.9. The Hall–Kier alpha value is -1.75. The Morgan fingerprint density at radius 2 is 1.95 bits per heavy atom. The largest absolute Gasteiger partial charge is 0.489 e. The molecule has 4 nitrogen and oxygen atoms in total. The van der Waals surface area contributed by atoms with Gasteiger partial charge < -0.3 is 13.9 Å². The number of carbonyl (C=O) groups is 1. The van der Waals surface area contributed by atoms with Gasteiger partial charge in [-0.1, -0.05) is 6.92 Å². The molecular formula is C15H13BrO4. The van der Waals surface area contributed by atoms with E-state index < -0.39 is 0 Å². The summed E-state index contributed by atoms with van der Waals surface area (Å²) in [5, 5.41) is 0. The van der Waals surface area contributed by atoms with Crippen LogP contribution in [0.1, 0.15) is 22.8 Å². The van der Waals surface area contributed by atoms with Gasteiger partial charge in [0.2, 0.25) is 0 Å². The van der Waals surface area contributed by atoms with E-state index >= 15 is 0 Å². The van der Waals surface area contributed by atoms with Crippen LogP contribution in [-0.4, -0.2) is 19.0 Å². The molecule has 0 saturated carbocycles. The van der Waals surface area contributed by atoms with Gasteiger partial charge in [0.15, 0.2) is 22.0 Å². The molecular weight excluding hydrogens is 324 g/mol. The lowest BCUT2D eigenvalue weighted by Crippen LogP contribution is -2.12. The Bertz CT molecular complexity index is 647. The van der Waals surface area contributed by atoms with Crippen LogP contribution in [0.25, 0.3) is 0 Å². The Morgan fingerprint density at radius 1 is 1.20 bits per heavy atom. The maximum atomic E-state index is 12.4. The number of ether oxygens (including phenoxy) is 2. The van der Waals surface area contributed by atoms with Crippen LogP contribution in [-0.2, 0) is 0 Å². The second kappa shape index (κ2) is 5.32. The van der Waals surface area contributed by atoms with Crippen LogP contribution in [0.15, 0.2) is 39.6 Å². The Kier molecular flexibility index (Phi) is 3.53. The van der Waals surface area contributed by atoms with E-state index in [2.05, 4.69) is 22.9 Å². The molecule has 0 bridgehead atoms. The molecule has 1 aliphatic rings.